The summed E-state index contributed by atoms with van der Waals surface area (Å²) in [5.41, 5.74) is 0.317. The van der Waals surface area contributed by atoms with Crippen LogP contribution < -0.4 is 4.90 Å². The van der Waals surface area contributed by atoms with E-state index >= 15 is 0 Å². The van der Waals surface area contributed by atoms with Crippen molar-refractivity contribution >= 4 is 11.7 Å². The quantitative estimate of drug-likeness (QED) is 0.922. The lowest BCUT2D eigenvalue weighted by Crippen LogP contribution is -2.44. The SMILES string of the molecule is CCC1(C(=O)O)CCN(c2ccc(F)cc2C#N)CC1. The zero-order valence-electron chi connectivity index (χ0n) is 11.4. The molecule has 1 fully saturated rings. The average molecular weight is 276 g/mol. The number of halogens is 1. The number of carbonyl (C=O) groups is 1. The largest absolute Gasteiger partial charge is 0.481 e. The van der Waals surface area contributed by atoms with E-state index in [4.69, 9.17) is 5.26 Å². The summed E-state index contributed by atoms with van der Waals surface area (Å²) in [5.74, 6) is -1.19. The number of nitrogens with zero attached hydrogens (tertiary/aromatic N) is 2. The smallest absolute Gasteiger partial charge is 0.309 e. The number of rotatable bonds is 3. The summed E-state index contributed by atoms with van der Waals surface area (Å²) < 4.78 is 13.1. The fourth-order valence-electron chi connectivity index (χ4n) is 2.77. The average Bonchev–Trinajstić information content (AvgIpc) is 2.47. The molecule has 1 aliphatic heterocycles. The highest BCUT2D eigenvalue weighted by atomic mass is 19.1. The molecule has 0 amide bonds. The highest BCUT2D eigenvalue weighted by Crippen LogP contribution is 2.37. The molecule has 1 aromatic carbocycles. The first-order valence-corrected chi connectivity index (χ1v) is 6.70. The molecule has 2 rings (SSSR count). The van der Waals surface area contributed by atoms with E-state index in [1.807, 2.05) is 17.9 Å². The van der Waals surface area contributed by atoms with Gasteiger partial charge in [0.1, 0.15) is 11.9 Å². The fraction of sp³-hybridized carbons (Fsp3) is 0.467. The van der Waals surface area contributed by atoms with Crippen molar-refractivity contribution in [1.82, 2.24) is 0 Å². The second-order valence-electron chi connectivity index (χ2n) is 5.20. The van der Waals surface area contributed by atoms with Crippen LogP contribution in [0.15, 0.2) is 18.2 Å². The molecule has 106 valence electrons. The van der Waals surface area contributed by atoms with E-state index in [0.29, 0.717) is 43.6 Å². The summed E-state index contributed by atoms with van der Waals surface area (Å²) in [7, 11) is 0. The van der Waals surface area contributed by atoms with Gasteiger partial charge in [-0.25, -0.2) is 4.39 Å². The third-order valence-electron chi connectivity index (χ3n) is 4.27. The van der Waals surface area contributed by atoms with Gasteiger partial charge in [0.15, 0.2) is 0 Å². The van der Waals surface area contributed by atoms with Gasteiger partial charge in [-0.1, -0.05) is 6.92 Å². The van der Waals surface area contributed by atoms with Crippen LogP contribution in [0.2, 0.25) is 0 Å². The van der Waals surface area contributed by atoms with Gasteiger partial charge >= 0.3 is 5.97 Å². The molecule has 1 aromatic rings. The molecule has 0 spiro atoms. The maximum absolute atomic E-state index is 13.1. The van der Waals surface area contributed by atoms with E-state index in [9.17, 15) is 14.3 Å². The van der Waals surface area contributed by atoms with E-state index < -0.39 is 17.2 Å². The monoisotopic (exact) mass is 276 g/mol. The summed E-state index contributed by atoms with van der Waals surface area (Å²) >= 11 is 0. The van der Waals surface area contributed by atoms with Crippen LogP contribution in [0.25, 0.3) is 0 Å². The van der Waals surface area contributed by atoms with Crippen molar-refractivity contribution in [2.75, 3.05) is 18.0 Å². The fourth-order valence-corrected chi connectivity index (χ4v) is 2.77. The van der Waals surface area contributed by atoms with E-state index in [1.54, 1.807) is 6.07 Å². The maximum atomic E-state index is 13.1. The van der Waals surface area contributed by atoms with Gasteiger partial charge in [-0.2, -0.15) is 5.26 Å². The molecule has 0 radical (unpaired) electrons. The third-order valence-corrected chi connectivity index (χ3v) is 4.27. The Hall–Kier alpha value is -2.09. The predicted octanol–water partition coefficient (Wildman–Crippen LogP) is 2.78. The van der Waals surface area contributed by atoms with Crippen molar-refractivity contribution in [3.05, 3.63) is 29.6 Å². The zero-order valence-corrected chi connectivity index (χ0v) is 11.4. The zero-order chi connectivity index (χ0) is 14.8. The summed E-state index contributed by atoms with van der Waals surface area (Å²) in [4.78, 5) is 13.4. The van der Waals surface area contributed by atoms with Crippen LogP contribution in [-0.4, -0.2) is 24.2 Å². The number of nitriles is 1. The molecule has 5 heteroatoms. The topological polar surface area (TPSA) is 64.3 Å². The second kappa shape index (κ2) is 5.49. The molecule has 1 N–H and O–H groups in total. The molecule has 0 bridgehead atoms. The Bertz CT molecular complexity index is 557. The first-order valence-electron chi connectivity index (χ1n) is 6.70. The summed E-state index contributed by atoms with van der Waals surface area (Å²) in [6.07, 6.45) is 1.69. The van der Waals surface area contributed by atoms with Crippen molar-refractivity contribution in [3.63, 3.8) is 0 Å². The number of piperidine rings is 1. The number of hydrogen-bond acceptors (Lipinski definition) is 3. The minimum Gasteiger partial charge on any atom is -0.481 e. The number of aliphatic carboxylic acids is 1. The van der Waals surface area contributed by atoms with Gasteiger partial charge in [0, 0.05) is 13.1 Å². The maximum Gasteiger partial charge on any atom is 0.309 e. The Kier molecular flexibility index (Phi) is 3.93. The molecule has 1 heterocycles. The lowest BCUT2D eigenvalue weighted by atomic mass is 9.76. The van der Waals surface area contributed by atoms with Crippen molar-refractivity contribution in [3.8, 4) is 6.07 Å². The highest BCUT2D eigenvalue weighted by molar-refractivity contribution is 5.75. The number of hydrogen-bond donors (Lipinski definition) is 1. The highest BCUT2D eigenvalue weighted by Gasteiger charge is 2.40. The Balaban J connectivity index is 2.19. The van der Waals surface area contributed by atoms with Crippen LogP contribution in [-0.2, 0) is 4.79 Å². The van der Waals surface area contributed by atoms with E-state index in [1.165, 1.54) is 12.1 Å². The van der Waals surface area contributed by atoms with Crippen LogP contribution in [0.3, 0.4) is 0 Å². The van der Waals surface area contributed by atoms with Crippen molar-refractivity contribution in [1.29, 1.82) is 5.26 Å². The minimum absolute atomic E-state index is 0.296. The first kappa shape index (κ1) is 14.3. The minimum atomic E-state index is -0.751. The number of anilines is 1. The molecule has 0 unspecified atom stereocenters. The van der Waals surface area contributed by atoms with Gasteiger partial charge in [-0.15, -0.1) is 0 Å². The number of carboxylic acid groups (broad SMARTS) is 1. The van der Waals surface area contributed by atoms with Gasteiger partial charge in [0.05, 0.1) is 16.7 Å². The van der Waals surface area contributed by atoms with Gasteiger partial charge in [-0.3, -0.25) is 4.79 Å². The Morgan fingerprint density at radius 2 is 2.15 bits per heavy atom. The van der Waals surface area contributed by atoms with Crippen LogP contribution in [0.1, 0.15) is 31.7 Å². The molecule has 0 aromatic heterocycles. The molecule has 20 heavy (non-hydrogen) atoms. The molecule has 0 saturated carbocycles. The molecular weight excluding hydrogens is 259 g/mol. The molecule has 0 atom stereocenters. The van der Waals surface area contributed by atoms with Crippen LogP contribution in [0.5, 0.6) is 0 Å². The summed E-state index contributed by atoms with van der Waals surface area (Å²) in [6.45, 7) is 3.03. The summed E-state index contributed by atoms with van der Waals surface area (Å²) in [6, 6.07) is 6.13. The van der Waals surface area contributed by atoms with Crippen molar-refractivity contribution < 1.29 is 14.3 Å². The van der Waals surface area contributed by atoms with Crippen LogP contribution in [0, 0.1) is 22.6 Å². The van der Waals surface area contributed by atoms with Gasteiger partial charge in [0.2, 0.25) is 0 Å². The Labute approximate surface area is 117 Å². The Morgan fingerprint density at radius 3 is 2.65 bits per heavy atom. The summed E-state index contributed by atoms with van der Waals surface area (Å²) in [5, 5.41) is 18.4. The van der Waals surface area contributed by atoms with Gasteiger partial charge in [-0.05, 0) is 37.5 Å². The van der Waals surface area contributed by atoms with E-state index in [2.05, 4.69) is 0 Å². The lowest BCUT2D eigenvalue weighted by molar-refractivity contribution is -0.150. The number of benzene rings is 1. The van der Waals surface area contributed by atoms with Crippen molar-refractivity contribution in [2.24, 2.45) is 5.41 Å². The predicted molar refractivity (Wildman–Crippen MR) is 72.9 cm³/mol. The standard InChI is InChI=1S/C15H17FN2O2/c1-2-15(14(19)20)5-7-18(8-6-15)13-4-3-12(16)9-11(13)10-17/h3-4,9H,2,5-8H2,1H3,(H,19,20). The third kappa shape index (κ3) is 2.46. The molecule has 0 aliphatic carbocycles. The van der Waals surface area contributed by atoms with Crippen molar-refractivity contribution in [2.45, 2.75) is 26.2 Å². The molecular formula is C15H17FN2O2. The first-order chi connectivity index (χ1) is 9.52. The van der Waals surface area contributed by atoms with E-state index in [-0.39, 0.29) is 0 Å². The van der Waals surface area contributed by atoms with Gasteiger partial charge in [0.25, 0.3) is 0 Å². The molecule has 4 nitrogen and oxygen atoms in total. The van der Waals surface area contributed by atoms with Gasteiger partial charge < -0.3 is 10.0 Å². The lowest BCUT2D eigenvalue weighted by Gasteiger charge is -2.39. The molecule has 1 saturated heterocycles. The molecule has 1 aliphatic rings. The Morgan fingerprint density at radius 1 is 1.50 bits per heavy atom. The van der Waals surface area contributed by atoms with E-state index in [0.717, 1.165) is 0 Å². The van der Waals surface area contributed by atoms with Crippen LogP contribution in [0.4, 0.5) is 10.1 Å². The normalized spacial score (nSPS) is 17.6. The number of carboxylic acids is 1. The van der Waals surface area contributed by atoms with Crippen LogP contribution >= 0.6 is 0 Å². The second-order valence-corrected chi connectivity index (χ2v) is 5.20.